The molecule has 1 amide bonds. The smallest absolute Gasteiger partial charge is 0.463 e. The summed E-state index contributed by atoms with van der Waals surface area (Å²) in [5.74, 6) is -6.04. The number of rotatable bonds is 27. The molecule has 2 saturated heterocycles. The quantitative estimate of drug-likeness (QED) is 0.0159. The number of non-ortho nitro benzene ring substituents is 1. The van der Waals surface area contributed by atoms with E-state index >= 15 is 0 Å². The molecule has 0 aliphatic carbocycles. The Morgan fingerprint density at radius 1 is 0.475 bits per heavy atom. The van der Waals surface area contributed by atoms with E-state index in [0.29, 0.717) is 35.2 Å². The van der Waals surface area contributed by atoms with Crippen molar-refractivity contribution in [3.63, 3.8) is 0 Å². The number of aromatic nitrogens is 6. The van der Waals surface area contributed by atoms with Crippen molar-refractivity contribution in [2.24, 2.45) is 11.8 Å². The van der Waals surface area contributed by atoms with Gasteiger partial charge in [0, 0.05) is 104 Å². The molecule has 0 unspecified atom stereocenters. The standard InChI is InChI=1S/C36H39N5O14.C28H28N2O17.C14H16N4/c1-18(2)14-40-17-37-29-30(40)24-9-7-8-10-25(24)38-34(29)39-36(46)50-15-23-11-12-27(26(13-23)41(47)48)54-35-33(53-22(6)45)32(52-21(5)44)31(51-20(4)43)28(55-35)16-49-19(3)42;1-14(31)40-13-23-24(42-15(2)32)25(43-16(3)33)26(44-17(4)34)27(47-23)46-22-10-5-18(11-21(22)30(38)39)12-41-28(35)45-20-8-6-19(7-9-20)29(36)37;1-9(2)7-18-8-16-12-13(18)10-5-3-4-6-11(10)17-14(12)15/h7-13,17-18,28,31-33,35H,14-16H2,1-6H3,(H,38,39,46);5-11,23-27H,12-13H2,1-4H3;3-6,8-9H,7H2,1-2H3,(H2,15,17)/t28-,31+,32+,33-,35-;23-,24+,25+,26-,27-;/m11./s1. The van der Waals surface area contributed by atoms with E-state index in [-0.39, 0.29) is 34.1 Å². The summed E-state index contributed by atoms with van der Waals surface area (Å²) in [6, 6.07) is 27.1. The minimum atomic E-state index is -1.74. The Balaban J connectivity index is 0.000000227. The first-order chi connectivity index (χ1) is 56.9. The summed E-state index contributed by atoms with van der Waals surface area (Å²) < 4.78 is 84.8. The van der Waals surface area contributed by atoms with E-state index in [1.54, 1.807) is 6.33 Å². The van der Waals surface area contributed by atoms with Gasteiger partial charge in [0.2, 0.25) is 24.8 Å². The third kappa shape index (κ3) is 23.9. The van der Waals surface area contributed by atoms with Gasteiger partial charge in [0.15, 0.2) is 47.6 Å². The molecule has 0 bridgehead atoms. The number of pyridine rings is 2. The number of anilines is 2. The van der Waals surface area contributed by atoms with E-state index in [2.05, 4.69) is 63.6 Å². The van der Waals surface area contributed by atoms with Crippen molar-refractivity contribution in [3.8, 4) is 17.2 Å². The Kier molecular flexibility index (Phi) is 30.2. The number of nitrogens with zero attached hydrogens (tertiary/aromatic N) is 9. The number of hydrogen-bond donors (Lipinski definition) is 2. The second-order valence-corrected chi connectivity index (χ2v) is 27.6. The zero-order valence-corrected chi connectivity index (χ0v) is 66.5. The molecule has 2 fully saturated rings. The van der Waals surface area contributed by atoms with Crippen LogP contribution in [0.5, 0.6) is 17.2 Å². The zero-order chi connectivity index (χ0) is 87.5. The first-order valence-corrected chi connectivity index (χ1v) is 36.7. The predicted octanol–water partition coefficient (Wildman–Crippen LogP) is 9.86. The van der Waals surface area contributed by atoms with Crippen LogP contribution in [0.4, 0.5) is 38.3 Å². The molecule has 42 heteroatoms. The van der Waals surface area contributed by atoms with Crippen molar-refractivity contribution in [1.82, 2.24) is 29.1 Å². The number of nitrogens with one attached hydrogen (secondary N) is 1. The second-order valence-electron chi connectivity index (χ2n) is 27.6. The van der Waals surface area contributed by atoms with Crippen LogP contribution in [0.1, 0.15) is 94.2 Å². The lowest BCUT2D eigenvalue weighted by molar-refractivity contribution is -0.387. The number of carbonyl (C=O) groups is 10. The average Bonchev–Trinajstić information content (AvgIpc) is 1.57. The molecule has 6 heterocycles. The first kappa shape index (κ1) is 89.6. The summed E-state index contributed by atoms with van der Waals surface area (Å²) >= 11 is 0. The van der Waals surface area contributed by atoms with Crippen LogP contribution in [0.15, 0.2) is 122 Å². The Labute approximate surface area is 680 Å². The molecule has 9 aromatic rings. The van der Waals surface area contributed by atoms with Gasteiger partial charge < -0.3 is 85.9 Å². The van der Waals surface area contributed by atoms with Gasteiger partial charge in [-0.25, -0.2) is 29.5 Å². The van der Waals surface area contributed by atoms with Gasteiger partial charge in [-0.15, -0.1) is 0 Å². The largest absolute Gasteiger partial charge is 0.514 e. The maximum atomic E-state index is 13.0. The molecule has 4 aromatic heterocycles. The third-order valence-corrected chi connectivity index (χ3v) is 17.1. The molecule has 0 spiro atoms. The second kappa shape index (κ2) is 40.5. The van der Waals surface area contributed by atoms with Crippen molar-refractivity contribution in [2.45, 2.75) is 171 Å². The van der Waals surface area contributed by atoms with Crippen molar-refractivity contribution >= 4 is 133 Å². The molecule has 42 nitrogen and oxygen atoms in total. The number of esters is 8. The number of nitrogens with two attached hydrogens (primary N) is 1. The van der Waals surface area contributed by atoms with Crippen LogP contribution in [0.3, 0.4) is 0 Å². The third-order valence-electron chi connectivity index (χ3n) is 17.1. The number of hydrogen-bond acceptors (Lipinski definition) is 36. The van der Waals surface area contributed by atoms with Gasteiger partial charge >= 0.3 is 71.4 Å². The van der Waals surface area contributed by atoms with Crippen LogP contribution < -0.4 is 25.3 Å². The van der Waals surface area contributed by atoms with E-state index in [1.807, 2.05) is 53.4 Å². The summed E-state index contributed by atoms with van der Waals surface area (Å²) in [6.45, 7) is 16.6. The van der Waals surface area contributed by atoms with Crippen LogP contribution >= 0.6 is 0 Å². The number of para-hydroxylation sites is 2. The van der Waals surface area contributed by atoms with Gasteiger partial charge in [-0.1, -0.05) is 76.2 Å². The van der Waals surface area contributed by atoms with Crippen molar-refractivity contribution in [1.29, 1.82) is 0 Å². The first-order valence-electron chi connectivity index (χ1n) is 36.7. The summed E-state index contributed by atoms with van der Waals surface area (Å²) in [5, 5.41) is 39.6. The topological polar surface area (TPSA) is 538 Å². The van der Waals surface area contributed by atoms with Gasteiger partial charge in [0.1, 0.15) is 55.4 Å². The molecule has 10 atom stereocenters. The number of fused-ring (bicyclic) bond motifs is 6. The molecule has 5 aromatic carbocycles. The molecule has 3 N–H and O–H groups in total. The lowest BCUT2D eigenvalue weighted by Gasteiger charge is -2.43. The Bertz CT molecular complexity index is 5340. The number of ether oxygens (including phenoxy) is 15. The number of imidazole rings is 2. The SMILES string of the molecule is CC(=O)OC[C@H]1O[C@@H](Oc2ccc(COC(=O)Nc3nc4ccccc4c4c3ncn4CC(C)C)cc2[N+](=O)[O-])[C@H](OC(C)=O)[C@@H](OC(C)=O)[C@H]1OC(C)=O.CC(=O)OC[C@H]1O[C@@H](Oc2ccc(COC(=O)Oc3ccc([N+](=O)[O-])cc3)cc2[N+](=O)[O-])[C@H](OC(C)=O)[C@@H](OC(C)=O)[C@H]1OC(C)=O.CC(C)Cn1cnc2c(N)nc3ccccc3c21. The molecule has 2 aliphatic heterocycles. The van der Waals surface area contributed by atoms with Crippen molar-refractivity contribution in [3.05, 3.63) is 163 Å². The fourth-order valence-corrected chi connectivity index (χ4v) is 12.5. The molecule has 636 valence electrons. The fraction of sp³-hybridized carbons (Fsp3) is 0.385. The number of nitrogen functional groups attached to an aromatic ring is 1. The average molecular weight is 1670 g/mol. The number of amides is 1. The molecule has 0 saturated carbocycles. The number of nitro groups is 3. The predicted molar refractivity (Wildman–Crippen MR) is 413 cm³/mol. The zero-order valence-electron chi connectivity index (χ0n) is 66.5. The maximum absolute atomic E-state index is 13.0. The van der Waals surface area contributed by atoms with Crippen LogP contribution in [0.2, 0.25) is 0 Å². The van der Waals surface area contributed by atoms with Crippen LogP contribution in [-0.2, 0) is 122 Å². The Hall–Kier alpha value is -14.3. The van der Waals surface area contributed by atoms with E-state index < -0.39 is 180 Å². The molecule has 11 rings (SSSR count). The van der Waals surface area contributed by atoms with Crippen LogP contribution in [-0.4, -0.2) is 178 Å². The lowest BCUT2D eigenvalue weighted by atomic mass is 9.98. The van der Waals surface area contributed by atoms with E-state index in [4.69, 9.17) is 76.8 Å². The number of benzene rings is 5. The van der Waals surface area contributed by atoms with Crippen molar-refractivity contribution in [2.75, 3.05) is 24.3 Å². The van der Waals surface area contributed by atoms with Gasteiger partial charge in [-0.05, 0) is 59.4 Å². The summed E-state index contributed by atoms with van der Waals surface area (Å²) in [6.07, 6.45) is -14.1. The van der Waals surface area contributed by atoms with Gasteiger partial charge in [-0.3, -0.25) is 74.0 Å². The normalized spacial score (nSPS) is 18.5. The molecule has 2 aliphatic rings. The summed E-state index contributed by atoms with van der Waals surface area (Å²) in [4.78, 5) is 171. The highest BCUT2D eigenvalue weighted by molar-refractivity contribution is 6.09. The van der Waals surface area contributed by atoms with Crippen LogP contribution in [0, 0.1) is 42.2 Å². The molecular formula is C78H83N11O31. The Morgan fingerprint density at radius 3 is 1.29 bits per heavy atom. The molecule has 120 heavy (non-hydrogen) atoms. The van der Waals surface area contributed by atoms with Gasteiger partial charge in [0.05, 0.1) is 49.5 Å². The highest BCUT2D eigenvalue weighted by Crippen LogP contribution is 2.39. The molecular weight excluding hydrogens is 1590 g/mol. The van der Waals surface area contributed by atoms with E-state index in [1.165, 1.54) is 30.3 Å². The minimum Gasteiger partial charge on any atom is -0.463 e. The monoisotopic (exact) mass is 1670 g/mol. The minimum absolute atomic E-state index is 0.0554. The van der Waals surface area contributed by atoms with Crippen molar-refractivity contribution < 1.29 is 134 Å². The Morgan fingerprint density at radius 2 is 0.875 bits per heavy atom. The summed E-state index contributed by atoms with van der Waals surface area (Å²) in [7, 11) is 0. The fourth-order valence-electron chi connectivity index (χ4n) is 12.5. The highest BCUT2D eigenvalue weighted by Gasteiger charge is 2.55. The van der Waals surface area contributed by atoms with E-state index in [0.717, 1.165) is 125 Å². The van der Waals surface area contributed by atoms with Crippen LogP contribution in [0.25, 0.3) is 43.9 Å². The molecule has 0 radical (unpaired) electrons. The van der Waals surface area contributed by atoms with E-state index in [9.17, 15) is 78.3 Å². The lowest BCUT2D eigenvalue weighted by Crippen LogP contribution is -2.63. The number of carbonyl (C=O) groups excluding carboxylic acids is 10. The number of nitro benzene ring substituents is 3. The van der Waals surface area contributed by atoms with Gasteiger partial charge in [-0.2, -0.15) is 0 Å². The van der Waals surface area contributed by atoms with Gasteiger partial charge in [0.25, 0.3) is 5.69 Å². The highest BCUT2D eigenvalue weighted by atomic mass is 16.8. The summed E-state index contributed by atoms with van der Waals surface area (Å²) in [5.41, 5.74) is 9.45. The maximum Gasteiger partial charge on any atom is 0.514 e.